The molecule has 0 spiro atoms. The van der Waals surface area contributed by atoms with Gasteiger partial charge >= 0.3 is 6.18 Å². The lowest BCUT2D eigenvalue weighted by molar-refractivity contribution is -0.174. The molecule has 2 N–H and O–H groups in total. The number of halogens is 4. The Hall–Kier alpha value is -1.35. The minimum absolute atomic E-state index is 0.118. The van der Waals surface area contributed by atoms with Crippen molar-refractivity contribution < 1.29 is 17.9 Å². The maximum atomic E-state index is 11.9. The van der Waals surface area contributed by atoms with Crippen molar-refractivity contribution in [3.63, 3.8) is 0 Å². The van der Waals surface area contributed by atoms with Crippen LogP contribution in [0.4, 0.5) is 19.1 Å². The lowest BCUT2D eigenvalue weighted by atomic mass is 10.4. The number of nitrogen functional groups attached to an aromatic ring is 1. The molecule has 0 aliphatic carbocycles. The highest BCUT2D eigenvalue weighted by Crippen LogP contribution is 2.19. The Kier molecular flexibility index (Phi) is 3.95. The van der Waals surface area contributed by atoms with E-state index in [0.717, 1.165) is 4.47 Å². The Labute approximate surface area is 114 Å². The van der Waals surface area contributed by atoms with E-state index in [-0.39, 0.29) is 19.1 Å². The van der Waals surface area contributed by atoms with Gasteiger partial charge in [0, 0.05) is 10.7 Å². The molecule has 0 atom stereocenters. The van der Waals surface area contributed by atoms with Gasteiger partial charge in [0.15, 0.2) is 5.65 Å². The minimum Gasteiger partial charge on any atom is -0.370 e. The quantitative estimate of drug-likeness (QED) is 0.869. The van der Waals surface area contributed by atoms with Crippen LogP contribution in [0.1, 0.15) is 0 Å². The van der Waals surface area contributed by atoms with Gasteiger partial charge in [-0.05, 0) is 22.0 Å². The maximum Gasteiger partial charge on any atom is 0.411 e. The van der Waals surface area contributed by atoms with Crippen molar-refractivity contribution in [3.8, 4) is 0 Å². The van der Waals surface area contributed by atoms with Crippen LogP contribution >= 0.6 is 15.9 Å². The van der Waals surface area contributed by atoms with Crippen LogP contribution in [0, 0.1) is 0 Å². The number of hydrogen-bond acceptors (Lipinski definition) is 4. The molecular weight excluding hydrogens is 329 g/mol. The van der Waals surface area contributed by atoms with E-state index in [1.165, 1.54) is 4.57 Å². The van der Waals surface area contributed by atoms with E-state index in [1.54, 1.807) is 12.3 Å². The molecular formula is C10H10BrF3N4O. The van der Waals surface area contributed by atoms with Crippen LogP contribution in [0.2, 0.25) is 0 Å². The molecule has 0 radical (unpaired) electrons. The highest BCUT2D eigenvalue weighted by molar-refractivity contribution is 9.10. The Morgan fingerprint density at radius 3 is 2.84 bits per heavy atom. The molecule has 5 nitrogen and oxygen atoms in total. The van der Waals surface area contributed by atoms with E-state index < -0.39 is 12.8 Å². The lowest BCUT2D eigenvalue weighted by Gasteiger charge is -2.09. The summed E-state index contributed by atoms with van der Waals surface area (Å²) in [5.74, 6) is 0.191. The first-order valence-electron chi connectivity index (χ1n) is 5.28. The number of aromatic nitrogens is 3. The van der Waals surface area contributed by atoms with Crippen molar-refractivity contribution in [2.24, 2.45) is 0 Å². The number of nitrogens with two attached hydrogens (primary N) is 1. The average Bonchev–Trinajstić information content (AvgIpc) is 2.58. The first-order valence-corrected chi connectivity index (χ1v) is 6.08. The van der Waals surface area contributed by atoms with Crippen LogP contribution < -0.4 is 5.73 Å². The summed E-state index contributed by atoms with van der Waals surface area (Å²) in [5.41, 5.74) is 6.77. The molecule has 2 rings (SSSR count). The molecule has 0 aliphatic heterocycles. The summed E-state index contributed by atoms with van der Waals surface area (Å²) in [5, 5.41) is 0. The molecule has 0 unspecified atom stereocenters. The van der Waals surface area contributed by atoms with Crippen LogP contribution in [-0.4, -0.2) is 33.9 Å². The second-order valence-electron chi connectivity index (χ2n) is 3.79. The number of fused-ring (bicyclic) bond motifs is 1. The van der Waals surface area contributed by atoms with Crippen LogP contribution in [0.25, 0.3) is 11.2 Å². The molecule has 9 heteroatoms. The van der Waals surface area contributed by atoms with E-state index >= 15 is 0 Å². The zero-order valence-electron chi connectivity index (χ0n) is 9.62. The fourth-order valence-corrected chi connectivity index (χ4v) is 1.89. The summed E-state index contributed by atoms with van der Waals surface area (Å²) in [4.78, 5) is 8.20. The van der Waals surface area contributed by atoms with Gasteiger partial charge in [0.05, 0.1) is 13.2 Å². The van der Waals surface area contributed by atoms with Gasteiger partial charge < -0.3 is 10.5 Å². The van der Waals surface area contributed by atoms with Gasteiger partial charge in [0.25, 0.3) is 0 Å². The summed E-state index contributed by atoms with van der Waals surface area (Å²) in [6, 6.07) is 1.73. The number of nitrogens with zero attached hydrogens (tertiary/aromatic N) is 3. The van der Waals surface area contributed by atoms with Gasteiger partial charge in [0.1, 0.15) is 12.1 Å². The number of pyridine rings is 1. The second-order valence-corrected chi connectivity index (χ2v) is 4.70. The highest BCUT2D eigenvalue weighted by Gasteiger charge is 2.27. The van der Waals surface area contributed by atoms with Gasteiger partial charge in [-0.2, -0.15) is 13.2 Å². The monoisotopic (exact) mass is 338 g/mol. The Morgan fingerprint density at radius 1 is 1.42 bits per heavy atom. The molecule has 0 saturated carbocycles. The number of anilines is 1. The topological polar surface area (TPSA) is 66.0 Å². The summed E-state index contributed by atoms with van der Waals surface area (Å²) < 4.78 is 42.5. The van der Waals surface area contributed by atoms with E-state index in [9.17, 15) is 13.2 Å². The van der Waals surface area contributed by atoms with E-state index in [2.05, 4.69) is 30.6 Å². The smallest absolute Gasteiger partial charge is 0.370 e. The predicted octanol–water partition coefficient (Wildman–Crippen LogP) is 2.35. The van der Waals surface area contributed by atoms with Crippen molar-refractivity contribution in [2.75, 3.05) is 18.9 Å². The van der Waals surface area contributed by atoms with Crippen molar-refractivity contribution in [3.05, 3.63) is 16.7 Å². The van der Waals surface area contributed by atoms with Crippen molar-refractivity contribution in [2.45, 2.75) is 12.7 Å². The molecule has 0 amide bonds. The Morgan fingerprint density at radius 2 is 2.16 bits per heavy atom. The number of hydrogen-bond donors (Lipinski definition) is 1. The third kappa shape index (κ3) is 3.57. The first-order chi connectivity index (χ1) is 8.87. The summed E-state index contributed by atoms with van der Waals surface area (Å²) in [6.45, 7) is -1.24. The molecule has 0 aliphatic rings. The van der Waals surface area contributed by atoms with Crippen LogP contribution in [0.3, 0.4) is 0 Å². The van der Waals surface area contributed by atoms with Crippen LogP contribution in [-0.2, 0) is 11.3 Å². The maximum absolute atomic E-state index is 11.9. The van der Waals surface area contributed by atoms with Crippen molar-refractivity contribution >= 4 is 33.0 Å². The molecule has 2 aromatic rings. The summed E-state index contributed by atoms with van der Waals surface area (Å²) in [7, 11) is 0. The standard InChI is InChI=1S/C10H10BrF3N4O/c11-6-3-7-8(16-4-6)18(9(15)17-7)1-2-19-5-10(12,13)14/h3-4H,1-2,5H2,(H2,15,17). The highest BCUT2D eigenvalue weighted by atomic mass is 79.9. The molecule has 0 bridgehead atoms. The lowest BCUT2D eigenvalue weighted by Crippen LogP contribution is -2.19. The number of alkyl halides is 3. The fourth-order valence-electron chi connectivity index (χ4n) is 1.57. The molecule has 0 saturated heterocycles. The molecule has 19 heavy (non-hydrogen) atoms. The largest absolute Gasteiger partial charge is 0.411 e. The number of ether oxygens (including phenoxy) is 1. The third-order valence-electron chi connectivity index (χ3n) is 2.31. The van der Waals surface area contributed by atoms with Crippen molar-refractivity contribution in [1.82, 2.24) is 14.5 Å². The summed E-state index contributed by atoms with van der Waals surface area (Å²) >= 11 is 3.25. The molecule has 0 fully saturated rings. The minimum atomic E-state index is -4.33. The summed E-state index contributed by atoms with van der Waals surface area (Å²) in [6.07, 6.45) is -2.76. The van der Waals surface area contributed by atoms with E-state index in [4.69, 9.17) is 5.73 Å². The van der Waals surface area contributed by atoms with Crippen LogP contribution in [0.15, 0.2) is 16.7 Å². The third-order valence-corrected chi connectivity index (χ3v) is 2.74. The average molecular weight is 339 g/mol. The van der Waals surface area contributed by atoms with Gasteiger partial charge in [-0.3, -0.25) is 4.57 Å². The van der Waals surface area contributed by atoms with Crippen LogP contribution in [0.5, 0.6) is 0 Å². The first kappa shape index (κ1) is 14.1. The molecule has 2 heterocycles. The van der Waals surface area contributed by atoms with Crippen molar-refractivity contribution in [1.29, 1.82) is 0 Å². The van der Waals surface area contributed by atoms with Gasteiger partial charge in [-0.1, -0.05) is 0 Å². The molecule has 2 aromatic heterocycles. The van der Waals surface area contributed by atoms with Gasteiger partial charge in [-0.15, -0.1) is 0 Å². The van der Waals surface area contributed by atoms with E-state index in [1.807, 2.05) is 0 Å². The number of imidazole rings is 1. The predicted molar refractivity (Wildman–Crippen MR) is 66.5 cm³/mol. The zero-order valence-corrected chi connectivity index (χ0v) is 11.2. The Balaban J connectivity index is 2.06. The van der Waals surface area contributed by atoms with E-state index in [0.29, 0.717) is 11.2 Å². The molecule has 0 aromatic carbocycles. The SMILES string of the molecule is Nc1nc2cc(Br)cnc2n1CCOCC(F)(F)F. The Bertz CT molecular complexity index is 584. The number of rotatable bonds is 4. The zero-order chi connectivity index (χ0) is 14.0. The second kappa shape index (κ2) is 5.33. The van der Waals surface area contributed by atoms with Gasteiger partial charge in [0.2, 0.25) is 5.95 Å². The fraction of sp³-hybridized carbons (Fsp3) is 0.400. The normalized spacial score (nSPS) is 12.2. The van der Waals surface area contributed by atoms with Gasteiger partial charge in [-0.25, -0.2) is 9.97 Å². The molecule has 104 valence electrons.